The van der Waals surface area contributed by atoms with Crippen molar-refractivity contribution >= 4 is 40.0 Å². The van der Waals surface area contributed by atoms with Crippen molar-refractivity contribution in [3.05, 3.63) is 65.7 Å². The molecule has 0 amide bonds. The minimum Gasteiger partial charge on any atom is -0.376 e. The average Bonchev–Trinajstić information content (AvgIpc) is 2.75. The van der Waals surface area contributed by atoms with E-state index >= 15 is 0 Å². The van der Waals surface area contributed by atoms with E-state index in [0.29, 0.717) is 31.6 Å². The number of nitrogens with zero attached hydrogens (tertiary/aromatic N) is 2. The molecule has 2 aromatic rings. The highest BCUT2D eigenvalue weighted by Gasteiger charge is 2.16. The molecule has 0 heterocycles. The van der Waals surface area contributed by atoms with Gasteiger partial charge in [0.25, 0.3) is 0 Å². The molecule has 0 saturated heterocycles. The van der Waals surface area contributed by atoms with E-state index in [1.165, 1.54) is 24.0 Å². The van der Waals surface area contributed by atoms with Gasteiger partial charge in [-0.05, 0) is 29.2 Å². The number of nitrogens with one attached hydrogen (secondary N) is 2. The van der Waals surface area contributed by atoms with Gasteiger partial charge in [-0.2, -0.15) is 0 Å². The second-order valence-electron chi connectivity index (χ2n) is 7.34. The molecule has 0 spiro atoms. The van der Waals surface area contributed by atoms with Crippen LogP contribution in [-0.4, -0.2) is 53.0 Å². The number of guanidine groups is 1. The summed E-state index contributed by atoms with van der Waals surface area (Å²) < 4.78 is 31.2. The first-order valence-corrected chi connectivity index (χ1v) is 11.3. The van der Waals surface area contributed by atoms with E-state index in [9.17, 15) is 8.42 Å². The van der Waals surface area contributed by atoms with Crippen molar-refractivity contribution in [2.75, 3.05) is 34.3 Å². The lowest BCUT2D eigenvalue weighted by Gasteiger charge is -2.16. The molecular weight excluding hydrogens is 527 g/mol. The van der Waals surface area contributed by atoms with E-state index in [1.807, 2.05) is 18.2 Å². The number of halogens is 1. The van der Waals surface area contributed by atoms with Gasteiger partial charge in [0, 0.05) is 34.2 Å². The Kier molecular flexibility index (Phi) is 12.1. The normalized spacial score (nSPS) is 12.9. The molecule has 7 nitrogen and oxygen atoms in total. The molecule has 9 heteroatoms. The van der Waals surface area contributed by atoms with Crippen LogP contribution in [0.1, 0.15) is 18.1 Å². The summed E-state index contributed by atoms with van der Waals surface area (Å²) >= 11 is 0. The standard InChI is InChI=1S/C22H32N4O3S.HI/c1-18(16-29-17-20-8-6-5-7-9-20)14-24-22(23-2)25-15-19-10-12-21(13-11-19)30(27,28)26(3)4;/h5-13,18H,14-17H2,1-4H3,(H2,23,24,25);1H. The van der Waals surface area contributed by atoms with Gasteiger partial charge < -0.3 is 15.4 Å². The third-order valence-corrected chi connectivity index (χ3v) is 6.35. The summed E-state index contributed by atoms with van der Waals surface area (Å²) in [6, 6.07) is 17.0. The van der Waals surface area contributed by atoms with E-state index < -0.39 is 10.0 Å². The molecule has 0 aliphatic carbocycles. The molecule has 0 bridgehead atoms. The smallest absolute Gasteiger partial charge is 0.242 e. The molecule has 0 saturated carbocycles. The average molecular weight is 561 g/mol. The molecule has 0 aliphatic heterocycles. The molecule has 0 aliphatic rings. The Balaban J connectivity index is 0.00000480. The van der Waals surface area contributed by atoms with E-state index in [2.05, 4.69) is 34.7 Å². The number of aliphatic imine (C=N–C) groups is 1. The Morgan fingerprint density at radius 2 is 1.68 bits per heavy atom. The minimum absolute atomic E-state index is 0. The molecule has 2 rings (SSSR count). The van der Waals surface area contributed by atoms with Crippen LogP contribution in [0.25, 0.3) is 0 Å². The summed E-state index contributed by atoms with van der Waals surface area (Å²) in [6.45, 7) is 4.66. The highest BCUT2D eigenvalue weighted by atomic mass is 127. The Labute approximate surface area is 203 Å². The summed E-state index contributed by atoms with van der Waals surface area (Å²) in [5, 5.41) is 6.54. The molecule has 0 fully saturated rings. The highest BCUT2D eigenvalue weighted by molar-refractivity contribution is 14.0. The largest absolute Gasteiger partial charge is 0.376 e. The minimum atomic E-state index is -3.41. The molecule has 2 aromatic carbocycles. The van der Waals surface area contributed by atoms with Crippen LogP contribution in [0.4, 0.5) is 0 Å². The van der Waals surface area contributed by atoms with Crippen LogP contribution in [0, 0.1) is 5.92 Å². The summed E-state index contributed by atoms with van der Waals surface area (Å²) in [6.07, 6.45) is 0. The van der Waals surface area contributed by atoms with E-state index in [0.717, 1.165) is 12.1 Å². The second kappa shape index (κ2) is 13.7. The lowest BCUT2D eigenvalue weighted by molar-refractivity contribution is 0.0931. The third kappa shape index (κ3) is 9.14. The van der Waals surface area contributed by atoms with Crippen molar-refractivity contribution in [3.8, 4) is 0 Å². The van der Waals surface area contributed by atoms with Gasteiger partial charge in [-0.25, -0.2) is 12.7 Å². The lowest BCUT2D eigenvalue weighted by Crippen LogP contribution is -2.39. The Bertz CT molecular complexity index is 904. The number of rotatable bonds is 10. The van der Waals surface area contributed by atoms with Crippen LogP contribution in [0.15, 0.2) is 64.5 Å². The van der Waals surface area contributed by atoms with Crippen LogP contribution >= 0.6 is 24.0 Å². The fraction of sp³-hybridized carbons (Fsp3) is 0.409. The van der Waals surface area contributed by atoms with Crippen LogP contribution in [0.3, 0.4) is 0 Å². The molecule has 0 radical (unpaired) electrons. The fourth-order valence-corrected chi connectivity index (χ4v) is 3.58. The van der Waals surface area contributed by atoms with Crippen molar-refractivity contribution in [1.29, 1.82) is 0 Å². The van der Waals surface area contributed by atoms with Crippen LogP contribution in [0.2, 0.25) is 0 Å². The van der Waals surface area contributed by atoms with Gasteiger partial charge in [0.1, 0.15) is 0 Å². The third-order valence-electron chi connectivity index (χ3n) is 4.52. The lowest BCUT2D eigenvalue weighted by atomic mass is 10.2. The van der Waals surface area contributed by atoms with Crippen LogP contribution < -0.4 is 10.6 Å². The molecule has 172 valence electrons. The Morgan fingerprint density at radius 1 is 1.03 bits per heavy atom. The van der Waals surface area contributed by atoms with Crippen molar-refractivity contribution in [2.24, 2.45) is 10.9 Å². The Hall–Kier alpha value is -1.69. The van der Waals surface area contributed by atoms with E-state index in [4.69, 9.17) is 4.74 Å². The van der Waals surface area contributed by atoms with E-state index in [1.54, 1.807) is 31.3 Å². The SMILES string of the molecule is CN=C(NCc1ccc(S(=O)(=O)N(C)C)cc1)NCC(C)COCc1ccccc1.I. The van der Waals surface area contributed by atoms with Gasteiger partial charge in [0.05, 0.1) is 18.1 Å². The maximum absolute atomic E-state index is 12.1. The van der Waals surface area contributed by atoms with Gasteiger partial charge >= 0.3 is 0 Å². The summed E-state index contributed by atoms with van der Waals surface area (Å²) in [4.78, 5) is 4.51. The monoisotopic (exact) mass is 560 g/mol. The zero-order valence-electron chi connectivity index (χ0n) is 18.5. The quantitative estimate of drug-likeness (QED) is 0.265. The van der Waals surface area contributed by atoms with Gasteiger partial charge in [-0.1, -0.05) is 49.4 Å². The maximum Gasteiger partial charge on any atom is 0.242 e. The molecular formula is C22H33IN4O3S. The van der Waals surface area contributed by atoms with Crippen LogP contribution in [0.5, 0.6) is 0 Å². The van der Waals surface area contributed by atoms with Crippen molar-refractivity contribution < 1.29 is 13.2 Å². The van der Waals surface area contributed by atoms with Gasteiger partial charge in [0.2, 0.25) is 10.0 Å². The highest BCUT2D eigenvalue weighted by Crippen LogP contribution is 2.13. The predicted octanol–water partition coefficient (Wildman–Crippen LogP) is 3.07. The van der Waals surface area contributed by atoms with Gasteiger partial charge in [-0.15, -0.1) is 24.0 Å². The van der Waals surface area contributed by atoms with Crippen LogP contribution in [-0.2, 0) is 27.9 Å². The molecule has 31 heavy (non-hydrogen) atoms. The molecule has 1 atom stereocenters. The molecule has 2 N–H and O–H groups in total. The maximum atomic E-state index is 12.1. The van der Waals surface area contributed by atoms with Gasteiger partial charge in [0.15, 0.2) is 5.96 Å². The fourth-order valence-electron chi connectivity index (χ4n) is 2.68. The molecule has 1 unspecified atom stereocenters. The summed E-state index contributed by atoms with van der Waals surface area (Å²) in [5.41, 5.74) is 2.13. The Morgan fingerprint density at radius 3 is 2.26 bits per heavy atom. The van der Waals surface area contributed by atoms with Crippen molar-refractivity contribution in [2.45, 2.75) is 25.0 Å². The van der Waals surface area contributed by atoms with Crippen molar-refractivity contribution in [1.82, 2.24) is 14.9 Å². The van der Waals surface area contributed by atoms with Crippen molar-refractivity contribution in [3.63, 3.8) is 0 Å². The second-order valence-corrected chi connectivity index (χ2v) is 9.50. The first kappa shape index (κ1) is 27.3. The predicted molar refractivity (Wildman–Crippen MR) is 136 cm³/mol. The first-order valence-electron chi connectivity index (χ1n) is 9.90. The number of hydrogen-bond acceptors (Lipinski definition) is 4. The number of ether oxygens (including phenoxy) is 1. The number of hydrogen-bond donors (Lipinski definition) is 2. The summed E-state index contributed by atoms with van der Waals surface area (Å²) in [7, 11) is 1.36. The topological polar surface area (TPSA) is 83.0 Å². The van der Waals surface area contributed by atoms with E-state index in [-0.39, 0.29) is 28.9 Å². The summed E-state index contributed by atoms with van der Waals surface area (Å²) in [5.74, 6) is 1.01. The molecule has 0 aromatic heterocycles. The van der Waals surface area contributed by atoms with Gasteiger partial charge in [-0.3, -0.25) is 4.99 Å². The number of sulfonamides is 1. The number of benzene rings is 2. The first-order chi connectivity index (χ1) is 14.3. The zero-order chi connectivity index (χ0) is 22.0. The zero-order valence-corrected chi connectivity index (χ0v) is 21.7.